The van der Waals surface area contributed by atoms with Gasteiger partial charge in [0.05, 0.1) is 6.61 Å². The Balaban J connectivity index is 1.10. The van der Waals surface area contributed by atoms with Crippen LogP contribution < -0.4 is 20.1 Å². The Morgan fingerprint density at radius 2 is 1.75 bits per heavy atom. The molecule has 2 fully saturated rings. The van der Waals surface area contributed by atoms with Crippen molar-refractivity contribution in [3.8, 4) is 11.5 Å². The van der Waals surface area contributed by atoms with Gasteiger partial charge in [0, 0.05) is 6.54 Å². The number of nitrogens with zero attached hydrogens (tertiary/aromatic N) is 1. The number of imide groups is 1. The standard InChI is InChI=1S/C28H35N3O5/c1-21-9-5-6-16-28(21)26(33)31(27(34)30-28)19-25(32)29-17-7-8-18-35-23-12-14-24(15-13-23)36-20-22-10-3-2-4-11-22/h2-4,10-15,21H,5-9,16-20H2,1H3,(H,29,32)(H,30,34). The fraction of sp³-hybridized carbons (Fsp3) is 0.464. The zero-order chi connectivity index (χ0) is 25.4. The highest BCUT2D eigenvalue weighted by atomic mass is 16.5. The van der Waals surface area contributed by atoms with Crippen molar-refractivity contribution < 1.29 is 23.9 Å². The van der Waals surface area contributed by atoms with Gasteiger partial charge >= 0.3 is 6.03 Å². The zero-order valence-electron chi connectivity index (χ0n) is 20.8. The summed E-state index contributed by atoms with van der Waals surface area (Å²) in [5, 5.41) is 5.68. The molecule has 1 heterocycles. The highest BCUT2D eigenvalue weighted by Gasteiger charge is 2.55. The summed E-state index contributed by atoms with van der Waals surface area (Å²) in [4.78, 5) is 38.8. The maximum absolute atomic E-state index is 12.9. The molecule has 2 aliphatic rings. The van der Waals surface area contributed by atoms with Crippen molar-refractivity contribution in [2.24, 2.45) is 5.92 Å². The minimum absolute atomic E-state index is 0.0776. The minimum atomic E-state index is -0.834. The molecule has 4 rings (SSSR count). The quantitative estimate of drug-likeness (QED) is 0.364. The van der Waals surface area contributed by atoms with E-state index < -0.39 is 11.6 Å². The number of nitrogens with one attached hydrogen (secondary N) is 2. The summed E-state index contributed by atoms with van der Waals surface area (Å²) < 4.78 is 11.5. The summed E-state index contributed by atoms with van der Waals surface area (Å²) in [6.07, 6.45) is 5.00. The molecule has 1 saturated heterocycles. The fourth-order valence-corrected chi connectivity index (χ4v) is 4.86. The highest BCUT2D eigenvalue weighted by Crippen LogP contribution is 2.38. The molecule has 2 aromatic rings. The Bertz CT molecular complexity index is 1040. The van der Waals surface area contributed by atoms with Crippen LogP contribution in [0.1, 0.15) is 51.0 Å². The van der Waals surface area contributed by atoms with Crippen LogP contribution in [0.25, 0.3) is 0 Å². The zero-order valence-corrected chi connectivity index (χ0v) is 20.8. The Hall–Kier alpha value is -3.55. The molecule has 2 atom stereocenters. The Morgan fingerprint density at radius 3 is 2.47 bits per heavy atom. The number of carbonyl (C=O) groups excluding carboxylic acids is 3. The van der Waals surface area contributed by atoms with Crippen LogP contribution in [0.5, 0.6) is 11.5 Å². The lowest BCUT2D eigenvalue weighted by Crippen LogP contribution is -2.54. The maximum atomic E-state index is 12.9. The summed E-state index contributed by atoms with van der Waals surface area (Å²) in [5.41, 5.74) is 0.280. The first-order chi connectivity index (χ1) is 17.5. The Labute approximate surface area is 212 Å². The van der Waals surface area contributed by atoms with Crippen molar-refractivity contribution in [1.29, 1.82) is 0 Å². The first kappa shape index (κ1) is 25.5. The summed E-state index contributed by atoms with van der Waals surface area (Å²) in [6, 6.07) is 17.0. The van der Waals surface area contributed by atoms with E-state index in [-0.39, 0.29) is 24.3 Å². The van der Waals surface area contributed by atoms with Crippen molar-refractivity contribution in [1.82, 2.24) is 15.5 Å². The summed E-state index contributed by atoms with van der Waals surface area (Å²) >= 11 is 0. The number of ether oxygens (including phenoxy) is 2. The van der Waals surface area contributed by atoms with Gasteiger partial charge in [0.25, 0.3) is 5.91 Å². The van der Waals surface area contributed by atoms with E-state index in [2.05, 4.69) is 10.6 Å². The van der Waals surface area contributed by atoms with Gasteiger partial charge in [-0.15, -0.1) is 0 Å². The van der Waals surface area contributed by atoms with Crippen molar-refractivity contribution in [2.75, 3.05) is 19.7 Å². The number of rotatable bonds is 11. The molecule has 8 nitrogen and oxygen atoms in total. The third-order valence-corrected chi connectivity index (χ3v) is 7.04. The van der Waals surface area contributed by atoms with Gasteiger partial charge in [0.1, 0.15) is 30.2 Å². The van der Waals surface area contributed by atoms with Crippen LogP contribution in [0.4, 0.5) is 4.79 Å². The summed E-state index contributed by atoms with van der Waals surface area (Å²) in [6.45, 7) is 3.25. The van der Waals surface area contributed by atoms with Gasteiger partial charge in [-0.2, -0.15) is 0 Å². The first-order valence-electron chi connectivity index (χ1n) is 12.8. The third-order valence-electron chi connectivity index (χ3n) is 7.04. The molecule has 1 saturated carbocycles. The maximum Gasteiger partial charge on any atom is 0.325 e. The van der Waals surface area contributed by atoms with E-state index in [4.69, 9.17) is 9.47 Å². The number of amides is 4. The molecular weight excluding hydrogens is 458 g/mol. The number of unbranched alkanes of at least 4 members (excludes halogenated alkanes) is 1. The predicted octanol–water partition coefficient (Wildman–Crippen LogP) is 4.04. The predicted molar refractivity (Wildman–Crippen MR) is 136 cm³/mol. The second-order valence-corrected chi connectivity index (χ2v) is 9.59. The van der Waals surface area contributed by atoms with Gasteiger partial charge in [-0.1, -0.05) is 50.1 Å². The van der Waals surface area contributed by atoms with E-state index in [9.17, 15) is 14.4 Å². The lowest BCUT2D eigenvalue weighted by atomic mass is 9.73. The Kier molecular flexibility index (Phi) is 8.46. The Morgan fingerprint density at radius 1 is 1.03 bits per heavy atom. The average Bonchev–Trinajstić information content (AvgIpc) is 3.12. The third kappa shape index (κ3) is 6.17. The fourth-order valence-electron chi connectivity index (χ4n) is 4.86. The van der Waals surface area contributed by atoms with Gasteiger partial charge < -0.3 is 20.1 Å². The highest BCUT2D eigenvalue weighted by molar-refractivity contribution is 6.09. The number of urea groups is 1. The molecule has 36 heavy (non-hydrogen) atoms. The van der Waals surface area contributed by atoms with E-state index >= 15 is 0 Å². The number of benzene rings is 2. The molecule has 1 aliphatic carbocycles. The van der Waals surface area contributed by atoms with Crippen molar-refractivity contribution in [3.63, 3.8) is 0 Å². The molecule has 2 unspecified atom stereocenters. The second kappa shape index (κ2) is 11.9. The van der Waals surface area contributed by atoms with Gasteiger partial charge in [-0.3, -0.25) is 14.5 Å². The minimum Gasteiger partial charge on any atom is -0.494 e. The molecule has 8 heteroatoms. The van der Waals surface area contributed by atoms with E-state index in [1.165, 1.54) is 0 Å². The lowest BCUT2D eigenvalue weighted by Gasteiger charge is -2.36. The number of hydrogen-bond acceptors (Lipinski definition) is 5. The first-order valence-corrected chi connectivity index (χ1v) is 12.8. The average molecular weight is 494 g/mol. The topological polar surface area (TPSA) is 97.0 Å². The van der Waals surface area contributed by atoms with E-state index in [1.54, 1.807) is 0 Å². The molecule has 0 bridgehead atoms. The smallest absolute Gasteiger partial charge is 0.325 e. The van der Waals surface area contributed by atoms with Crippen LogP contribution >= 0.6 is 0 Å². The molecule has 0 aromatic heterocycles. The second-order valence-electron chi connectivity index (χ2n) is 9.59. The van der Waals surface area contributed by atoms with Crippen molar-refractivity contribution >= 4 is 17.8 Å². The normalized spacial score (nSPS) is 21.4. The summed E-state index contributed by atoms with van der Waals surface area (Å²) in [5.74, 6) is 1.03. The van der Waals surface area contributed by atoms with Crippen molar-refractivity contribution in [3.05, 3.63) is 60.2 Å². The van der Waals surface area contributed by atoms with Crippen LogP contribution in [0, 0.1) is 5.92 Å². The molecule has 0 radical (unpaired) electrons. The lowest BCUT2D eigenvalue weighted by molar-refractivity contribution is -0.137. The van der Waals surface area contributed by atoms with E-state index in [0.717, 1.165) is 54.1 Å². The molecule has 1 spiro atoms. The summed E-state index contributed by atoms with van der Waals surface area (Å²) in [7, 11) is 0. The SMILES string of the molecule is CC1CCCCC12NC(=O)N(CC(=O)NCCCCOc1ccc(OCc3ccccc3)cc1)C2=O. The van der Waals surface area contributed by atoms with Gasteiger partial charge in [-0.25, -0.2) is 4.79 Å². The molecule has 192 valence electrons. The largest absolute Gasteiger partial charge is 0.494 e. The van der Waals surface area contributed by atoms with Crippen LogP contribution in [-0.4, -0.2) is 48.0 Å². The van der Waals surface area contributed by atoms with Crippen molar-refractivity contribution in [2.45, 2.75) is 57.6 Å². The molecule has 4 amide bonds. The van der Waals surface area contributed by atoms with E-state index in [1.807, 2.05) is 61.5 Å². The van der Waals surface area contributed by atoms with Crippen LogP contribution in [0.3, 0.4) is 0 Å². The molecular formula is C28H35N3O5. The molecule has 1 aliphatic heterocycles. The van der Waals surface area contributed by atoms with Crippen LogP contribution in [0.2, 0.25) is 0 Å². The van der Waals surface area contributed by atoms with Crippen LogP contribution in [-0.2, 0) is 16.2 Å². The number of hydrogen-bond donors (Lipinski definition) is 2. The number of carbonyl (C=O) groups is 3. The molecule has 2 aromatic carbocycles. The van der Waals surface area contributed by atoms with Gasteiger partial charge in [0.15, 0.2) is 0 Å². The molecule has 2 N–H and O–H groups in total. The van der Waals surface area contributed by atoms with Crippen LogP contribution in [0.15, 0.2) is 54.6 Å². The van der Waals surface area contributed by atoms with E-state index in [0.29, 0.717) is 26.2 Å². The van der Waals surface area contributed by atoms with Gasteiger partial charge in [0.2, 0.25) is 5.91 Å². The monoisotopic (exact) mass is 493 g/mol. The van der Waals surface area contributed by atoms with Gasteiger partial charge in [-0.05, 0) is 61.4 Å².